The van der Waals surface area contributed by atoms with Crippen molar-refractivity contribution in [2.24, 2.45) is 0 Å². The highest BCUT2D eigenvalue weighted by Crippen LogP contribution is 2.37. The van der Waals surface area contributed by atoms with E-state index in [2.05, 4.69) is 22.0 Å². The zero-order valence-corrected chi connectivity index (χ0v) is 11.6. The number of carboxylic acid groups (broad SMARTS) is 1. The van der Waals surface area contributed by atoms with Crippen LogP contribution in [0.1, 0.15) is 25.3 Å². The normalized spacial score (nSPS) is 22.8. The maximum absolute atomic E-state index is 11.5. The Morgan fingerprint density at radius 1 is 1.61 bits per heavy atom. The molecule has 1 aromatic rings. The van der Waals surface area contributed by atoms with Crippen molar-refractivity contribution in [3.05, 3.63) is 28.2 Å². The van der Waals surface area contributed by atoms with Crippen molar-refractivity contribution >= 4 is 27.6 Å². The first-order valence-electron chi connectivity index (χ1n) is 5.70. The number of halogens is 1. The van der Waals surface area contributed by atoms with Gasteiger partial charge in [-0.15, -0.1) is 0 Å². The summed E-state index contributed by atoms with van der Waals surface area (Å²) in [5, 5.41) is 18.6. The predicted molar refractivity (Wildman–Crippen MR) is 71.5 cm³/mol. The van der Waals surface area contributed by atoms with Gasteiger partial charge in [0.2, 0.25) is 0 Å². The van der Waals surface area contributed by atoms with Gasteiger partial charge in [-0.05, 0) is 47.8 Å². The largest absolute Gasteiger partial charge is 0.480 e. The summed E-state index contributed by atoms with van der Waals surface area (Å²) in [6.07, 6.45) is 1.42. The van der Waals surface area contributed by atoms with E-state index in [1.165, 1.54) is 0 Å². The third kappa shape index (κ3) is 1.87. The van der Waals surface area contributed by atoms with Gasteiger partial charge in [0.15, 0.2) is 0 Å². The minimum absolute atomic E-state index is 0.492. The lowest BCUT2D eigenvalue weighted by Gasteiger charge is -2.33. The van der Waals surface area contributed by atoms with E-state index in [0.717, 1.165) is 6.42 Å². The second kappa shape index (κ2) is 4.62. The number of aliphatic carboxylic acids is 1. The lowest BCUT2D eigenvalue weighted by molar-refractivity contribution is -0.142. The quantitative estimate of drug-likeness (QED) is 0.912. The highest BCUT2D eigenvalue weighted by Gasteiger charge is 2.44. The van der Waals surface area contributed by atoms with E-state index in [1.807, 2.05) is 11.0 Å². The van der Waals surface area contributed by atoms with Crippen molar-refractivity contribution in [2.75, 3.05) is 11.4 Å². The number of carbonyl (C=O) groups is 1. The second-order valence-corrected chi connectivity index (χ2v) is 5.43. The van der Waals surface area contributed by atoms with Crippen LogP contribution in [0.4, 0.5) is 5.69 Å². The lowest BCUT2D eigenvalue weighted by atomic mass is 9.98. The van der Waals surface area contributed by atoms with Crippen LogP contribution in [0.5, 0.6) is 0 Å². The zero-order chi connectivity index (χ0) is 13.3. The van der Waals surface area contributed by atoms with Gasteiger partial charge in [-0.3, -0.25) is 0 Å². The molecule has 1 saturated heterocycles. The van der Waals surface area contributed by atoms with Gasteiger partial charge in [-0.1, -0.05) is 6.07 Å². The number of rotatable bonds is 2. The van der Waals surface area contributed by atoms with Crippen molar-refractivity contribution in [3.8, 4) is 6.07 Å². The Labute approximate surface area is 114 Å². The molecule has 94 valence electrons. The van der Waals surface area contributed by atoms with Gasteiger partial charge in [0.05, 0.1) is 11.3 Å². The molecule has 0 radical (unpaired) electrons. The SMILES string of the molecule is CC1(C(=O)O)CCCN1c1cccc(Br)c1C#N. The summed E-state index contributed by atoms with van der Waals surface area (Å²) >= 11 is 3.33. The van der Waals surface area contributed by atoms with E-state index in [-0.39, 0.29) is 0 Å². The van der Waals surface area contributed by atoms with Crippen LogP contribution in [0.3, 0.4) is 0 Å². The van der Waals surface area contributed by atoms with E-state index in [0.29, 0.717) is 28.7 Å². The topological polar surface area (TPSA) is 64.3 Å². The first-order chi connectivity index (χ1) is 8.50. The molecule has 0 aromatic heterocycles. The summed E-state index contributed by atoms with van der Waals surface area (Å²) in [6.45, 7) is 2.37. The van der Waals surface area contributed by atoms with Crippen molar-refractivity contribution in [1.29, 1.82) is 5.26 Å². The zero-order valence-electron chi connectivity index (χ0n) is 9.98. The molecule has 1 aliphatic heterocycles. The van der Waals surface area contributed by atoms with Crippen LogP contribution in [0, 0.1) is 11.3 Å². The smallest absolute Gasteiger partial charge is 0.329 e. The Hall–Kier alpha value is -1.54. The number of anilines is 1. The summed E-state index contributed by atoms with van der Waals surface area (Å²) in [5.41, 5.74) is 0.257. The monoisotopic (exact) mass is 308 g/mol. The molecule has 0 amide bonds. The molecule has 1 N–H and O–H groups in total. The highest BCUT2D eigenvalue weighted by atomic mass is 79.9. The van der Waals surface area contributed by atoms with Crippen LogP contribution in [0.2, 0.25) is 0 Å². The number of benzene rings is 1. The molecule has 0 spiro atoms. The summed E-state index contributed by atoms with van der Waals surface area (Å²) in [5.74, 6) is -0.844. The third-order valence-corrected chi connectivity index (χ3v) is 4.16. The molecule has 2 rings (SSSR count). The van der Waals surface area contributed by atoms with Gasteiger partial charge in [0.1, 0.15) is 11.6 Å². The van der Waals surface area contributed by atoms with Gasteiger partial charge in [0.25, 0.3) is 0 Å². The lowest BCUT2D eigenvalue weighted by Crippen LogP contribution is -2.48. The van der Waals surface area contributed by atoms with E-state index in [9.17, 15) is 15.2 Å². The van der Waals surface area contributed by atoms with Crippen molar-refractivity contribution in [3.63, 3.8) is 0 Å². The summed E-state index contributed by atoms with van der Waals surface area (Å²) < 4.78 is 0.696. The van der Waals surface area contributed by atoms with Crippen LogP contribution >= 0.6 is 15.9 Å². The fourth-order valence-corrected chi connectivity index (χ4v) is 2.86. The molecule has 1 atom stereocenters. The Balaban J connectivity index is 2.53. The van der Waals surface area contributed by atoms with E-state index in [1.54, 1.807) is 19.1 Å². The molecule has 0 bridgehead atoms. The molecule has 1 aromatic carbocycles. The molecule has 1 unspecified atom stereocenters. The summed E-state index contributed by atoms with van der Waals surface area (Å²) in [4.78, 5) is 13.3. The van der Waals surface area contributed by atoms with Gasteiger partial charge >= 0.3 is 5.97 Å². The van der Waals surface area contributed by atoms with Crippen LogP contribution < -0.4 is 4.90 Å². The minimum atomic E-state index is -0.924. The fourth-order valence-electron chi connectivity index (χ4n) is 2.42. The van der Waals surface area contributed by atoms with Gasteiger partial charge in [-0.2, -0.15) is 5.26 Å². The second-order valence-electron chi connectivity index (χ2n) is 4.58. The fraction of sp³-hybridized carbons (Fsp3) is 0.385. The van der Waals surface area contributed by atoms with E-state index in [4.69, 9.17) is 0 Å². The number of hydrogen-bond acceptors (Lipinski definition) is 3. The number of nitriles is 1. The highest BCUT2D eigenvalue weighted by molar-refractivity contribution is 9.10. The maximum Gasteiger partial charge on any atom is 0.329 e. The van der Waals surface area contributed by atoms with Crippen LogP contribution in [-0.2, 0) is 4.79 Å². The molecular weight excluding hydrogens is 296 g/mol. The van der Waals surface area contributed by atoms with Gasteiger partial charge in [0, 0.05) is 11.0 Å². The van der Waals surface area contributed by atoms with E-state index < -0.39 is 11.5 Å². The number of carboxylic acids is 1. The Kier molecular flexibility index (Phi) is 3.31. The van der Waals surface area contributed by atoms with Crippen LogP contribution in [0.15, 0.2) is 22.7 Å². The standard InChI is InChI=1S/C13H13BrN2O2/c1-13(12(17)18)6-3-7-16(13)11-5-2-4-10(14)9(11)8-15/h2,4-5H,3,6-7H2,1H3,(H,17,18). The summed E-state index contributed by atoms with van der Waals surface area (Å²) in [6, 6.07) is 7.55. The summed E-state index contributed by atoms with van der Waals surface area (Å²) in [7, 11) is 0. The Bertz CT molecular complexity index is 538. The van der Waals surface area contributed by atoms with Crippen molar-refractivity contribution < 1.29 is 9.90 Å². The Morgan fingerprint density at radius 3 is 2.94 bits per heavy atom. The molecule has 0 saturated carbocycles. The van der Waals surface area contributed by atoms with Gasteiger partial charge in [-0.25, -0.2) is 4.79 Å². The number of hydrogen-bond donors (Lipinski definition) is 1. The van der Waals surface area contributed by atoms with Crippen LogP contribution in [0.25, 0.3) is 0 Å². The van der Waals surface area contributed by atoms with E-state index >= 15 is 0 Å². The molecule has 5 heteroatoms. The Morgan fingerprint density at radius 2 is 2.33 bits per heavy atom. The average molecular weight is 309 g/mol. The van der Waals surface area contributed by atoms with Gasteiger partial charge < -0.3 is 10.0 Å². The van der Waals surface area contributed by atoms with Crippen LogP contribution in [-0.4, -0.2) is 23.2 Å². The van der Waals surface area contributed by atoms with Crippen molar-refractivity contribution in [2.45, 2.75) is 25.3 Å². The first kappa shape index (κ1) is 12.9. The average Bonchev–Trinajstić information content (AvgIpc) is 2.72. The molecule has 1 fully saturated rings. The molecule has 0 aliphatic carbocycles. The minimum Gasteiger partial charge on any atom is -0.480 e. The van der Waals surface area contributed by atoms with Crippen molar-refractivity contribution in [1.82, 2.24) is 0 Å². The molecule has 18 heavy (non-hydrogen) atoms. The first-order valence-corrected chi connectivity index (χ1v) is 6.49. The molecular formula is C13H13BrN2O2. The number of nitrogens with zero attached hydrogens (tertiary/aromatic N) is 2. The third-order valence-electron chi connectivity index (χ3n) is 3.50. The maximum atomic E-state index is 11.5. The molecule has 1 heterocycles. The molecule has 4 nitrogen and oxygen atoms in total. The predicted octanol–water partition coefficient (Wildman–Crippen LogP) is 2.76. The molecule has 1 aliphatic rings.